The van der Waals surface area contributed by atoms with E-state index in [1.54, 1.807) is 12.3 Å². The number of nitrogens with zero attached hydrogens (tertiary/aromatic N) is 2. The van der Waals surface area contributed by atoms with Crippen molar-refractivity contribution in [3.63, 3.8) is 0 Å². The molecule has 0 aromatic carbocycles. The Bertz CT molecular complexity index is 580. The quantitative estimate of drug-likeness (QED) is 0.434. The molecular weight excluding hydrogens is 355 g/mol. The predicted octanol–water partition coefficient (Wildman–Crippen LogP) is 2.00. The first-order valence-corrected chi connectivity index (χ1v) is 7.42. The van der Waals surface area contributed by atoms with Crippen LogP contribution in [0.15, 0.2) is 30.5 Å². The summed E-state index contributed by atoms with van der Waals surface area (Å²) in [4.78, 5) is 30.5. The van der Waals surface area contributed by atoms with Crippen molar-refractivity contribution < 1.29 is 9.59 Å². The number of amides is 2. The van der Waals surface area contributed by atoms with E-state index in [-0.39, 0.29) is 35.5 Å². The zero-order chi connectivity index (χ0) is 13.1. The third-order valence-electron chi connectivity index (χ3n) is 4.41. The lowest BCUT2D eigenvalue weighted by Crippen LogP contribution is -2.33. The molecule has 4 unspecified atom stereocenters. The van der Waals surface area contributed by atoms with Gasteiger partial charge in [0.15, 0.2) is 0 Å². The monoisotopic (exact) mass is 366 g/mol. The van der Waals surface area contributed by atoms with Crippen LogP contribution in [0.1, 0.15) is 6.42 Å². The van der Waals surface area contributed by atoms with Crippen molar-refractivity contribution in [2.75, 3.05) is 4.90 Å². The highest BCUT2D eigenvalue weighted by Gasteiger charge is 2.59. The van der Waals surface area contributed by atoms with Crippen molar-refractivity contribution in [1.82, 2.24) is 4.98 Å². The van der Waals surface area contributed by atoms with E-state index in [1.165, 1.54) is 4.90 Å². The van der Waals surface area contributed by atoms with E-state index in [0.29, 0.717) is 5.82 Å². The summed E-state index contributed by atoms with van der Waals surface area (Å²) in [6.45, 7) is 0. The Morgan fingerprint density at radius 2 is 1.74 bits per heavy atom. The van der Waals surface area contributed by atoms with Gasteiger partial charge in [-0.3, -0.25) is 9.59 Å². The summed E-state index contributed by atoms with van der Waals surface area (Å²) in [5.74, 6) is 0.526. The summed E-state index contributed by atoms with van der Waals surface area (Å²) in [6, 6.07) is 3.61. The molecule has 2 fully saturated rings. The molecule has 5 heteroatoms. The molecule has 1 aromatic rings. The Kier molecular flexibility index (Phi) is 2.36. The maximum Gasteiger partial charge on any atom is 0.239 e. The van der Waals surface area contributed by atoms with Gasteiger partial charge in [0.05, 0.1) is 11.8 Å². The number of imide groups is 1. The number of anilines is 1. The lowest BCUT2D eigenvalue weighted by Gasteiger charge is -2.15. The molecule has 0 N–H and O–H groups in total. The molecule has 2 heterocycles. The molecule has 96 valence electrons. The number of hydrogen-bond donors (Lipinski definition) is 0. The van der Waals surface area contributed by atoms with Crippen LogP contribution < -0.4 is 4.90 Å². The Morgan fingerprint density at radius 3 is 2.26 bits per heavy atom. The van der Waals surface area contributed by atoms with E-state index in [9.17, 15) is 9.59 Å². The minimum atomic E-state index is -0.149. The lowest BCUT2D eigenvalue weighted by atomic mass is 9.85. The Hall–Kier alpha value is -1.24. The third-order valence-corrected chi connectivity index (χ3v) is 5.05. The standard InChI is InChI=1S/C14H11IN2O2/c15-9-3-4-10(16-6-9)17-13(18)11-7-1-2-8(5-7)12(11)14(17)19/h1-4,6-8,11-12H,5H2. The first-order valence-electron chi connectivity index (χ1n) is 6.34. The molecule has 4 nitrogen and oxygen atoms in total. The number of rotatable bonds is 1. The predicted molar refractivity (Wildman–Crippen MR) is 77.2 cm³/mol. The second-order valence-corrected chi connectivity index (χ2v) is 6.59. The van der Waals surface area contributed by atoms with Gasteiger partial charge in [0, 0.05) is 9.77 Å². The number of pyridine rings is 1. The van der Waals surface area contributed by atoms with Crippen LogP contribution in [0.3, 0.4) is 0 Å². The van der Waals surface area contributed by atoms with Crippen molar-refractivity contribution in [2.24, 2.45) is 23.7 Å². The number of aromatic nitrogens is 1. The van der Waals surface area contributed by atoms with Crippen molar-refractivity contribution >= 4 is 40.2 Å². The van der Waals surface area contributed by atoms with Crippen LogP contribution in [0.25, 0.3) is 0 Å². The number of carbonyl (C=O) groups excluding carboxylic acids is 2. The van der Waals surface area contributed by atoms with E-state index < -0.39 is 0 Å². The number of carbonyl (C=O) groups is 2. The lowest BCUT2D eigenvalue weighted by molar-refractivity contribution is -0.123. The fraction of sp³-hybridized carbons (Fsp3) is 0.357. The first-order chi connectivity index (χ1) is 9.16. The van der Waals surface area contributed by atoms with Crippen LogP contribution in [-0.2, 0) is 9.59 Å². The van der Waals surface area contributed by atoms with Gasteiger partial charge in [-0.25, -0.2) is 9.88 Å². The van der Waals surface area contributed by atoms with E-state index in [2.05, 4.69) is 39.7 Å². The molecule has 3 aliphatic rings. The molecule has 4 atom stereocenters. The molecule has 2 aliphatic carbocycles. The van der Waals surface area contributed by atoms with Gasteiger partial charge in [0.1, 0.15) is 5.82 Å². The Labute approximate surface area is 124 Å². The minimum absolute atomic E-state index is 0.0689. The Morgan fingerprint density at radius 1 is 1.11 bits per heavy atom. The highest BCUT2D eigenvalue weighted by Crippen LogP contribution is 2.52. The third kappa shape index (κ3) is 1.47. The zero-order valence-electron chi connectivity index (χ0n) is 9.99. The highest BCUT2D eigenvalue weighted by atomic mass is 127. The molecule has 1 aromatic heterocycles. The average molecular weight is 366 g/mol. The summed E-state index contributed by atoms with van der Waals surface area (Å²) >= 11 is 2.15. The fourth-order valence-corrected chi connectivity index (χ4v) is 3.95. The molecule has 0 radical (unpaired) electrons. The van der Waals surface area contributed by atoms with Gasteiger partial charge >= 0.3 is 0 Å². The van der Waals surface area contributed by atoms with Crippen LogP contribution >= 0.6 is 22.6 Å². The average Bonchev–Trinajstić information content (AvgIpc) is 3.06. The summed E-state index contributed by atoms with van der Waals surface area (Å²) in [6.07, 6.45) is 6.84. The van der Waals surface area contributed by atoms with Crippen LogP contribution in [0.2, 0.25) is 0 Å². The Balaban J connectivity index is 1.74. The van der Waals surface area contributed by atoms with Crippen LogP contribution in [-0.4, -0.2) is 16.8 Å². The highest BCUT2D eigenvalue weighted by molar-refractivity contribution is 14.1. The number of allylic oxidation sites excluding steroid dienone is 2. The largest absolute Gasteiger partial charge is 0.274 e. The minimum Gasteiger partial charge on any atom is -0.274 e. The SMILES string of the molecule is O=C1C2C3C=CC(C3)C2C(=O)N1c1ccc(I)cn1. The summed E-state index contributed by atoms with van der Waals surface area (Å²) in [7, 11) is 0. The fourth-order valence-electron chi connectivity index (χ4n) is 3.63. The van der Waals surface area contributed by atoms with E-state index in [4.69, 9.17) is 0 Å². The smallest absolute Gasteiger partial charge is 0.239 e. The molecule has 4 rings (SSSR count). The van der Waals surface area contributed by atoms with Crippen molar-refractivity contribution in [3.8, 4) is 0 Å². The molecular formula is C14H11IN2O2. The topological polar surface area (TPSA) is 50.3 Å². The van der Waals surface area contributed by atoms with Gasteiger partial charge in [-0.1, -0.05) is 12.2 Å². The number of hydrogen-bond acceptors (Lipinski definition) is 3. The zero-order valence-corrected chi connectivity index (χ0v) is 12.1. The van der Waals surface area contributed by atoms with Gasteiger partial charge in [-0.15, -0.1) is 0 Å². The maximum atomic E-state index is 12.5. The van der Waals surface area contributed by atoms with E-state index >= 15 is 0 Å². The van der Waals surface area contributed by atoms with Crippen molar-refractivity contribution in [3.05, 3.63) is 34.1 Å². The van der Waals surface area contributed by atoms with Crippen LogP contribution in [0.4, 0.5) is 5.82 Å². The van der Waals surface area contributed by atoms with E-state index in [0.717, 1.165) is 9.99 Å². The van der Waals surface area contributed by atoms with Gasteiger partial charge < -0.3 is 0 Å². The number of halogens is 1. The summed E-state index contributed by atoms with van der Waals surface area (Å²) < 4.78 is 0.988. The van der Waals surface area contributed by atoms with Gasteiger partial charge in [0.2, 0.25) is 11.8 Å². The summed E-state index contributed by atoms with van der Waals surface area (Å²) in [5.41, 5.74) is 0. The summed E-state index contributed by atoms with van der Waals surface area (Å²) in [5, 5.41) is 0. The van der Waals surface area contributed by atoms with Gasteiger partial charge in [-0.05, 0) is 53.0 Å². The van der Waals surface area contributed by atoms with E-state index in [1.807, 2.05) is 6.07 Å². The molecule has 2 bridgehead atoms. The first kappa shape index (κ1) is 11.6. The second-order valence-electron chi connectivity index (χ2n) is 5.35. The molecule has 1 saturated carbocycles. The number of fused-ring (bicyclic) bond motifs is 5. The normalized spacial score (nSPS) is 35.3. The van der Waals surface area contributed by atoms with Crippen LogP contribution in [0, 0.1) is 27.2 Å². The molecule has 19 heavy (non-hydrogen) atoms. The van der Waals surface area contributed by atoms with Gasteiger partial charge in [0.25, 0.3) is 0 Å². The molecule has 2 amide bonds. The maximum absolute atomic E-state index is 12.5. The molecule has 0 spiro atoms. The molecule has 1 saturated heterocycles. The second kappa shape index (κ2) is 3.88. The van der Waals surface area contributed by atoms with Crippen LogP contribution in [0.5, 0.6) is 0 Å². The van der Waals surface area contributed by atoms with Crippen molar-refractivity contribution in [2.45, 2.75) is 6.42 Å². The van der Waals surface area contributed by atoms with Gasteiger partial charge in [-0.2, -0.15) is 0 Å². The molecule has 1 aliphatic heterocycles. The van der Waals surface area contributed by atoms with Crippen molar-refractivity contribution in [1.29, 1.82) is 0 Å².